The predicted octanol–water partition coefficient (Wildman–Crippen LogP) is 3.35. The topological polar surface area (TPSA) is 20.2 Å². The summed E-state index contributed by atoms with van der Waals surface area (Å²) in [6, 6.07) is 2.69. The first-order valence-electron chi connectivity index (χ1n) is 2.45. The summed E-state index contributed by atoms with van der Waals surface area (Å²) < 4.78 is 0. The van der Waals surface area contributed by atoms with Crippen molar-refractivity contribution in [2.24, 2.45) is 0 Å². The van der Waals surface area contributed by atoms with Gasteiger partial charge in [-0.3, -0.25) is 0 Å². The van der Waals surface area contributed by atoms with E-state index in [-0.39, 0.29) is 10.8 Å². The number of hydrogen-bond acceptors (Lipinski definition) is 1. The Morgan fingerprint density at radius 3 is 1.90 bits per heavy atom. The minimum atomic E-state index is -0.0592. The van der Waals surface area contributed by atoms with Crippen molar-refractivity contribution in [3.05, 3.63) is 27.2 Å². The SMILES string of the molecule is O[13c]1[13cH][13c](Cl)[13c](Cl)[13cH][13c]1Cl. The van der Waals surface area contributed by atoms with Gasteiger partial charge in [-0.05, 0) is 6.07 Å². The summed E-state index contributed by atoms with van der Waals surface area (Å²) >= 11 is 16.6. The third-order valence-electron chi connectivity index (χ3n) is 0.990. The Kier molecular flexibility index (Phi) is 2.29. The van der Waals surface area contributed by atoms with E-state index in [9.17, 15) is 0 Å². The first-order chi connectivity index (χ1) is 4.61. The largest absolute Gasteiger partial charge is 0.506 e. The van der Waals surface area contributed by atoms with Crippen LogP contribution in [0.25, 0.3) is 0 Å². The molecule has 0 saturated carbocycles. The first kappa shape index (κ1) is 7.99. The Bertz CT molecular complexity index is 209. The van der Waals surface area contributed by atoms with Crippen LogP contribution in [0.2, 0.25) is 15.1 Å². The van der Waals surface area contributed by atoms with Crippen molar-refractivity contribution in [2.45, 2.75) is 0 Å². The van der Waals surface area contributed by atoms with Crippen LogP contribution in [-0.4, -0.2) is 5.11 Å². The van der Waals surface area contributed by atoms with Gasteiger partial charge < -0.3 is 5.11 Å². The molecule has 1 nitrogen and oxygen atoms in total. The Morgan fingerprint density at radius 1 is 0.900 bits per heavy atom. The van der Waals surface area contributed by atoms with Gasteiger partial charge in [0.25, 0.3) is 0 Å². The number of aromatic hydroxyl groups is 1. The lowest BCUT2D eigenvalue weighted by Crippen LogP contribution is -1.70. The first-order valence-corrected chi connectivity index (χ1v) is 3.58. The number of phenols is 1. The number of hydrogen-bond donors (Lipinski definition) is 1. The molecule has 0 heterocycles. The molecule has 1 aromatic rings. The minimum absolute atomic E-state index is 0.0592. The zero-order valence-electron chi connectivity index (χ0n) is 4.74. The number of phenolic OH excluding ortho intramolecular Hbond substituents is 1. The summed E-state index contributed by atoms with van der Waals surface area (Å²) in [4.78, 5) is 0. The van der Waals surface area contributed by atoms with Gasteiger partial charge in [-0.15, -0.1) is 0 Å². The number of rotatable bonds is 0. The van der Waals surface area contributed by atoms with Gasteiger partial charge in [-0.1, -0.05) is 34.8 Å². The van der Waals surface area contributed by atoms with Gasteiger partial charge in [0.15, 0.2) is 0 Å². The van der Waals surface area contributed by atoms with Gasteiger partial charge in [-0.25, -0.2) is 0 Å². The summed E-state index contributed by atoms with van der Waals surface area (Å²) in [5, 5.41) is 9.79. The van der Waals surface area contributed by atoms with Gasteiger partial charge in [0, 0.05) is 6.07 Å². The highest BCUT2D eigenvalue weighted by Gasteiger charge is 2.02. The molecule has 1 aromatic carbocycles. The second-order valence-corrected chi connectivity index (χ2v) is 2.94. The maximum absolute atomic E-state index is 8.95. The fourth-order valence-corrected chi connectivity index (χ4v) is 1.05. The van der Waals surface area contributed by atoms with E-state index in [4.69, 9.17) is 39.9 Å². The van der Waals surface area contributed by atoms with Gasteiger partial charge in [0.05, 0.1) is 15.1 Å². The molecule has 0 fully saturated rings. The van der Waals surface area contributed by atoms with E-state index in [1.165, 1.54) is 12.1 Å². The molecule has 54 valence electrons. The van der Waals surface area contributed by atoms with Crippen molar-refractivity contribution < 1.29 is 5.11 Å². The van der Waals surface area contributed by atoms with Crippen molar-refractivity contribution in [2.75, 3.05) is 0 Å². The van der Waals surface area contributed by atoms with E-state index in [0.717, 1.165) is 0 Å². The zero-order valence-corrected chi connectivity index (χ0v) is 7.00. The van der Waals surface area contributed by atoms with Crippen LogP contribution in [0, 0.1) is 0 Å². The highest BCUT2D eigenvalue weighted by molar-refractivity contribution is 6.43. The predicted molar refractivity (Wildman–Crippen MR) is 43.1 cm³/mol. The smallest absolute Gasteiger partial charge is 0.135 e. The number of benzene rings is 1. The third-order valence-corrected chi connectivity index (χ3v) is 2.01. The molecule has 0 aliphatic rings. The van der Waals surface area contributed by atoms with Gasteiger partial charge >= 0.3 is 0 Å². The van der Waals surface area contributed by atoms with Crippen molar-refractivity contribution in [3.8, 4) is 5.75 Å². The lowest BCUT2D eigenvalue weighted by molar-refractivity contribution is 0.475. The second kappa shape index (κ2) is 2.87. The van der Waals surface area contributed by atoms with Crippen LogP contribution in [0.15, 0.2) is 12.1 Å². The summed E-state index contributed by atoms with van der Waals surface area (Å²) in [6.07, 6.45) is 0. The quantitative estimate of drug-likeness (QED) is 0.641. The van der Waals surface area contributed by atoms with Crippen molar-refractivity contribution in [1.82, 2.24) is 0 Å². The molecule has 1 N–H and O–H groups in total. The monoisotopic (exact) mass is 202 g/mol. The van der Waals surface area contributed by atoms with Crippen molar-refractivity contribution >= 4 is 34.8 Å². The lowest BCUT2D eigenvalue weighted by Gasteiger charge is -1.97. The molecule has 0 aliphatic heterocycles. The summed E-state index contributed by atoms with van der Waals surface area (Å²) in [7, 11) is 0. The van der Waals surface area contributed by atoms with E-state index in [0.29, 0.717) is 10.0 Å². The molecular formula is C6H3Cl3O. The highest BCUT2D eigenvalue weighted by atomic mass is 35.5. The van der Waals surface area contributed by atoms with Crippen LogP contribution >= 0.6 is 34.8 Å². The molecule has 0 aliphatic carbocycles. The zero-order chi connectivity index (χ0) is 7.72. The molecule has 0 aromatic heterocycles. The van der Waals surface area contributed by atoms with Gasteiger partial charge in [0.1, 0.15) is 5.75 Å². The molecule has 0 saturated heterocycles. The summed E-state index contributed by atoms with van der Waals surface area (Å²) in [5.41, 5.74) is 0. The molecule has 4 heteroatoms. The molecular weight excluding hydrogens is 200 g/mol. The fourth-order valence-electron chi connectivity index (χ4n) is 0.512. The molecule has 0 atom stereocenters. The maximum atomic E-state index is 8.95. The van der Waals surface area contributed by atoms with Gasteiger partial charge in [0.2, 0.25) is 0 Å². The fraction of sp³-hybridized carbons (Fsp3) is 0. The average Bonchev–Trinajstić information content (AvgIpc) is 1.84. The van der Waals surface area contributed by atoms with Crippen LogP contribution in [0.4, 0.5) is 0 Å². The van der Waals surface area contributed by atoms with Crippen molar-refractivity contribution in [1.29, 1.82) is 0 Å². The van der Waals surface area contributed by atoms with E-state index in [2.05, 4.69) is 0 Å². The molecule has 0 bridgehead atoms. The van der Waals surface area contributed by atoms with Gasteiger partial charge in [-0.2, -0.15) is 0 Å². The van der Waals surface area contributed by atoms with Crippen LogP contribution in [0.1, 0.15) is 0 Å². The maximum Gasteiger partial charge on any atom is 0.135 e. The normalized spacial score (nSPS) is 9.90. The van der Waals surface area contributed by atoms with E-state index >= 15 is 0 Å². The summed E-state index contributed by atoms with van der Waals surface area (Å²) in [5.74, 6) is -0.0592. The summed E-state index contributed by atoms with van der Waals surface area (Å²) in [6.45, 7) is 0. The van der Waals surface area contributed by atoms with Crippen LogP contribution < -0.4 is 0 Å². The Balaban J connectivity index is 3.28. The van der Waals surface area contributed by atoms with Crippen LogP contribution in [0.5, 0.6) is 5.75 Å². The molecule has 0 spiro atoms. The van der Waals surface area contributed by atoms with Crippen LogP contribution in [0.3, 0.4) is 0 Å². The highest BCUT2D eigenvalue weighted by Crippen LogP contribution is 2.32. The minimum Gasteiger partial charge on any atom is -0.506 e. The molecule has 0 radical (unpaired) electrons. The third kappa shape index (κ3) is 1.48. The molecule has 10 heavy (non-hydrogen) atoms. The van der Waals surface area contributed by atoms with E-state index < -0.39 is 0 Å². The van der Waals surface area contributed by atoms with Crippen LogP contribution in [-0.2, 0) is 0 Å². The Labute approximate surface area is 73.1 Å². The number of halogens is 3. The molecule has 0 unspecified atom stereocenters. The van der Waals surface area contributed by atoms with E-state index in [1.807, 2.05) is 0 Å². The lowest BCUT2D eigenvalue weighted by atomic mass is 11.3. The Morgan fingerprint density at radius 2 is 1.40 bits per heavy atom. The Hall–Kier alpha value is -0.110. The van der Waals surface area contributed by atoms with Crippen molar-refractivity contribution in [3.63, 3.8) is 0 Å². The van der Waals surface area contributed by atoms with E-state index in [1.54, 1.807) is 0 Å². The average molecular weight is 203 g/mol. The molecule has 0 amide bonds. The molecule has 1 rings (SSSR count). The standard InChI is InChI=1S/C6H3Cl3O/c7-3-1-5(9)6(10)2-4(3)8/h1-2,10H/i1+1,2+1,3+1,4+1,5+1,6+1. The second-order valence-electron chi connectivity index (χ2n) is 1.72.